The fourth-order valence-corrected chi connectivity index (χ4v) is 9.90. The molecule has 0 aliphatic carbocycles. The second-order valence-corrected chi connectivity index (χ2v) is 21.6. The van der Waals surface area contributed by atoms with Crippen molar-refractivity contribution in [1.82, 2.24) is 14.5 Å². The number of furan rings is 1. The number of phenols is 1. The predicted octanol–water partition coefficient (Wildman–Crippen LogP) is 17.2. The van der Waals surface area contributed by atoms with E-state index in [1.165, 1.54) is 5.56 Å². The number of pyridine rings is 1. The maximum Gasteiger partial charge on any atom is 0.148 e. The molecule has 0 radical (unpaired) electrons. The third-order valence-corrected chi connectivity index (χ3v) is 13.7. The average molecular weight is 1090 g/mol. The van der Waals surface area contributed by atoms with Crippen LogP contribution in [-0.2, 0) is 37.3 Å². The van der Waals surface area contributed by atoms with Crippen molar-refractivity contribution in [1.29, 1.82) is 0 Å². The van der Waals surface area contributed by atoms with Crippen molar-refractivity contribution in [2.24, 2.45) is 0 Å². The molecule has 0 saturated heterocycles. The first-order valence-electron chi connectivity index (χ1n) is 24.0. The second kappa shape index (κ2) is 17.4. The van der Waals surface area contributed by atoms with E-state index in [1.54, 1.807) is 0 Å². The van der Waals surface area contributed by atoms with Gasteiger partial charge in [0, 0.05) is 54.9 Å². The minimum absolute atomic E-state index is 0. The Morgan fingerprint density at radius 2 is 1.21 bits per heavy atom. The number of phenolic OH excluding ortho intramolecular Hbond substituents is 1. The summed E-state index contributed by atoms with van der Waals surface area (Å²) in [5, 5.41) is 17.0. The summed E-state index contributed by atoms with van der Waals surface area (Å²) >= 11 is 0. The van der Waals surface area contributed by atoms with Gasteiger partial charge >= 0.3 is 0 Å². The number of rotatable bonds is 6. The summed E-state index contributed by atoms with van der Waals surface area (Å²) in [6.07, 6.45) is 1.88. The number of hydrogen-bond donors (Lipinski definition) is 1. The summed E-state index contributed by atoms with van der Waals surface area (Å²) in [6, 6.07) is 61.5. The molecule has 0 fully saturated rings. The monoisotopic (exact) mass is 1090 g/mol. The summed E-state index contributed by atoms with van der Waals surface area (Å²) in [4.78, 5) is 10.7. The van der Waals surface area contributed by atoms with E-state index in [9.17, 15) is 5.11 Å². The summed E-state index contributed by atoms with van der Waals surface area (Å²) in [7, 11) is 0. The number of para-hydroxylation sites is 1. The molecule has 0 amide bonds. The molecule has 0 unspecified atom stereocenters. The van der Waals surface area contributed by atoms with Crippen molar-refractivity contribution >= 4 is 43.7 Å². The molecule has 1 N–H and O–H groups in total. The van der Waals surface area contributed by atoms with Gasteiger partial charge in [0.05, 0.1) is 22.3 Å². The first-order chi connectivity index (χ1) is 33.0. The molecule has 6 heteroatoms. The van der Waals surface area contributed by atoms with Gasteiger partial charge in [-0.1, -0.05) is 194 Å². The van der Waals surface area contributed by atoms with E-state index in [2.05, 4.69) is 231 Å². The van der Waals surface area contributed by atoms with Gasteiger partial charge in [-0.05, 0) is 85.7 Å². The largest absolute Gasteiger partial charge is 0.507 e. The van der Waals surface area contributed by atoms with Gasteiger partial charge in [-0.15, -0.1) is 23.8 Å². The van der Waals surface area contributed by atoms with Crippen LogP contribution in [0.5, 0.6) is 5.75 Å². The van der Waals surface area contributed by atoms with Crippen LogP contribution in [0.25, 0.3) is 105 Å². The van der Waals surface area contributed by atoms with Crippen molar-refractivity contribution in [2.45, 2.75) is 78.6 Å². The number of fused-ring (bicyclic) bond motifs is 6. The molecule has 350 valence electrons. The Morgan fingerprint density at radius 3 is 1.93 bits per heavy atom. The SMILES string of the molecule is CC(C)(C)c1ccc(-n2c(-c3cc(C(C)(C)C)cc(C(C)(C)C)c3O)nc3c(-c4[c-]c(-c5nccc6c5oc5ccc7ccccc7c56)cc(-c5ccccc5)c4)cccc32)c(-c2ccccc2)c1.[Pt]. The van der Waals surface area contributed by atoms with Gasteiger partial charge in [0.15, 0.2) is 0 Å². The van der Waals surface area contributed by atoms with Crippen molar-refractivity contribution in [3.8, 4) is 67.5 Å². The van der Waals surface area contributed by atoms with Crippen LogP contribution in [0, 0.1) is 6.07 Å². The van der Waals surface area contributed by atoms with E-state index in [0.29, 0.717) is 11.4 Å². The summed E-state index contributed by atoms with van der Waals surface area (Å²) in [5.74, 6) is 0.895. The molecule has 0 bridgehead atoms. The van der Waals surface area contributed by atoms with Crippen molar-refractivity contribution in [2.75, 3.05) is 0 Å². The maximum atomic E-state index is 12.6. The minimum atomic E-state index is -0.348. The molecule has 3 heterocycles. The smallest absolute Gasteiger partial charge is 0.148 e. The Hall–Kier alpha value is -7.07. The van der Waals surface area contributed by atoms with Crippen molar-refractivity contribution < 1.29 is 30.6 Å². The average Bonchev–Trinajstić information content (AvgIpc) is 3.93. The third kappa shape index (κ3) is 8.14. The van der Waals surface area contributed by atoms with Crippen LogP contribution in [0.1, 0.15) is 79.0 Å². The van der Waals surface area contributed by atoms with E-state index in [4.69, 9.17) is 14.4 Å². The molecule has 8 aromatic carbocycles. The first-order valence-corrected chi connectivity index (χ1v) is 24.0. The van der Waals surface area contributed by atoms with Crippen LogP contribution in [0.3, 0.4) is 0 Å². The molecule has 0 aliphatic rings. The topological polar surface area (TPSA) is 64.1 Å². The fourth-order valence-electron chi connectivity index (χ4n) is 9.90. The Balaban J connectivity index is 0.00000567. The molecule has 5 nitrogen and oxygen atoms in total. The maximum absolute atomic E-state index is 12.6. The van der Waals surface area contributed by atoms with Crippen molar-refractivity contribution in [3.05, 3.63) is 193 Å². The second-order valence-electron chi connectivity index (χ2n) is 21.6. The molecule has 0 saturated carbocycles. The summed E-state index contributed by atoms with van der Waals surface area (Å²) in [6.45, 7) is 19.9. The number of hydrogen-bond acceptors (Lipinski definition) is 4. The third-order valence-electron chi connectivity index (χ3n) is 13.7. The van der Waals surface area contributed by atoms with E-state index in [-0.39, 0.29) is 43.1 Å². The van der Waals surface area contributed by atoms with Crippen LogP contribution in [0.4, 0.5) is 0 Å². The molecule has 3 aromatic heterocycles. The van der Waals surface area contributed by atoms with E-state index >= 15 is 0 Å². The van der Waals surface area contributed by atoms with Gasteiger partial charge in [0.25, 0.3) is 0 Å². The predicted molar refractivity (Wildman–Crippen MR) is 287 cm³/mol. The summed E-state index contributed by atoms with van der Waals surface area (Å²) < 4.78 is 9.03. The van der Waals surface area contributed by atoms with Crippen LogP contribution in [0.15, 0.2) is 174 Å². The molecule has 0 aliphatic heterocycles. The van der Waals surface area contributed by atoms with Gasteiger partial charge in [-0.25, -0.2) is 4.98 Å². The van der Waals surface area contributed by atoms with Gasteiger partial charge in [0.1, 0.15) is 22.7 Å². The van der Waals surface area contributed by atoms with Gasteiger partial charge in [-0.3, -0.25) is 9.55 Å². The molecule has 70 heavy (non-hydrogen) atoms. The van der Waals surface area contributed by atoms with Gasteiger partial charge in [-0.2, -0.15) is 0 Å². The number of benzene rings is 8. The zero-order valence-corrected chi connectivity index (χ0v) is 43.5. The minimum Gasteiger partial charge on any atom is -0.507 e. The Kier molecular flexibility index (Phi) is 11.6. The Morgan fingerprint density at radius 1 is 0.543 bits per heavy atom. The molecule has 0 spiro atoms. The standard InChI is InChI=1S/C64H56N3O2.Pt/c1-62(2,3)45-28-29-53(50(36-45)40-21-14-11-15-22-40)67-54-26-18-25-48(58(54)66-61(67)51-37-46(63(4,5)6)38-52(59(51)68)64(7,8)9)43-33-42(39-19-12-10-13-20-39)34-44(35-43)57-60-49(31-32-65-57)56-47-24-17-16-23-41(47)27-30-55(56)69-60;/h10-34,36-38,68H,1-9H3;/q-1;. The van der Waals surface area contributed by atoms with Gasteiger partial charge in [0.2, 0.25) is 0 Å². The zero-order valence-electron chi connectivity index (χ0n) is 41.2. The zero-order chi connectivity index (χ0) is 48.0. The first kappa shape index (κ1) is 46.6. The van der Waals surface area contributed by atoms with Crippen molar-refractivity contribution in [3.63, 3.8) is 0 Å². The Labute approximate surface area is 425 Å². The molecule has 11 aromatic rings. The number of nitrogens with zero attached hydrogens (tertiary/aromatic N) is 3. The van der Waals surface area contributed by atoms with Crippen LogP contribution in [-0.4, -0.2) is 19.6 Å². The van der Waals surface area contributed by atoms with E-state index in [0.717, 1.165) is 105 Å². The molecule has 0 atom stereocenters. The Bertz CT molecular complexity index is 3790. The molecule has 11 rings (SSSR count). The normalized spacial score (nSPS) is 12.3. The van der Waals surface area contributed by atoms with Gasteiger partial charge < -0.3 is 9.52 Å². The van der Waals surface area contributed by atoms with Crippen LogP contribution >= 0.6 is 0 Å². The number of imidazole rings is 1. The quantitative estimate of drug-likeness (QED) is 0.169. The number of aromatic hydroxyl groups is 1. The number of aromatic nitrogens is 3. The molecular formula is C64H56N3O2Pt-. The van der Waals surface area contributed by atoms with Crippen LogP contribution < -0.4 is 0 Å². The molecular weight excluding hydrogens is 1040 g/mol. The van der Waals surface area contributed by atoms with E-state index in [1.807, 2.05) is 12.3 Å². The fraction of sp³-hybridized carbons (Fsp3) is 0.188. The summed E-state index contributed by atoms with van der Waals surface area (Å²) in [5.41, 5.74) is 15.0. The van der Waals surface area contributed by atoms with Crippen LogP contribution in [0.2, 0.25) is 0 Å². The van der Waals surface area contributed by atoms with E-state index < -0.39 is 0 Å².